The van der Waals surface area contributed by atoms with Gasteiger partial charge in [0.25, 0.3) is 5.91 Å². The van der Waals surface area contributed by atoms with Crippen molar-refractivity contribution in [1.29, 1.82) is 0 Å². The van der Waals surface area contributed by atoms with Crippen molar-refractivity contribution in [2.24, 2.45) is 5.92 Å². The molecular formula is C18H23N3O3. The first-order valence-electron chi connectivity index (χ1n) is 8.44. The summed E-state index contributed by atoms with van der Waals surface area (Å²) in [6, 6.07) is 6.46. The van der Waals surface area contributed by atoms with Crippen molar-refractivity contribution < 1.29 is 14.4 Å². The fourth-order valence-electron chi connectivity index (χ4n) is 3.58. The fraction of sp³-hybridized carbons (Fsp3) is 0.500. The summed E-state index contributed by atoms with van der Waals surface area (Å²) < 4.78 is 0. The molecule has 2 heterocycles. The fourth-order valence-corrected chi connectivity index (χ4v) is 3.58. The van der Waals surface area contributed by atoms with Crippen LogP contribution in [0.3, 0.4) is 0 Å². The first kappa shape index (κ1) is 16.6. The van der Waals surface area contributed by atoms with Crippen LogP contribution in [0.5, 0.6) is 0 Å². The molecule has 3 amide bonds. The third kappa shape index (κ3) is 3.33. The Morgan fingerprint density at radius 3 is 2.54 bits per heavy atom. The second-order valence-corrected chi connectivity index (χ2v) is 6.76. The molecule has 0 unspecified atom stereocenters. The molecule has 0 spiro atoms. The predicted molar refractivity (Wildman–Crippen MR) is 91.6 cm³/mol. The number of anilines is 2. The Kier molecular flexibility index (Phi) is 4.66. The van der Waals surface area contributed by atoms with Crippen LogP contribution >= 0.6 is 0 Å². The highest BCUT2D eigenvalue weighted by molar-refractivity contribution is 6.22. The first-order valence-corrected chi connectivity index (χ1v) is 8.44. The molecular weight excluding hydrogens is 306 g/mol. The Balaban J connectivity index is 1.75. The molecule has 1 N–H and O–H groups in total. The summed E-state index contributed by atoms with van der Waals surface area (Å²) in [7, 11) is 0. The van der Waals surface area contributed by atoms with Gasteiger partial charge in [0.15, 0.2) is 0 Å². The van der Waals surface area contributed by atoms with Crippen LogP contribution in [0, 0.1) is 5.92 Å². The van der Waals surface area contributed by atoms with Gasteiger partial charge in [0, 0.05) is 19.2 Å². The minimum absolute atomic E-state index is 0.138. The molecule has 6 heteroatoms. The third-order valence-electron chi connectivity index (χ3n) is 4.70. The molecule has 3 rings (SSSR count). The van der Waals surface area contributed by atoms with Gasteiger partial charge < -0.3 is 5.32 Å². The van der Waals surface area contributed by atoms with Crippen molar-refractivity contribution in [2.45, 2.75) is 39.2 Å². The molecule has 2 fully saturated rings. The highest BCUT2D eigenvalue weighted by Gasteiger charge is 2.43. The SMILES string of the molecule is CC(=O)Nc1ccc(N2C(=O)C[C@H](N3CCC[C@H](C)C3)C2=O)cc1. The van der Waals surface area contributed by atoms with Crippen LogP contribution < -0.4 is 10.2 Å². The minimum atomic E-state index is -0.338. The highest BCUT2D eigenvalue weighted by Crippen LogP contribution is 2.29. The zero-order valence-electron chi connectivity index (χ0n) is 14.1. The summed E-state index contributed by atoms with van der Waals surface area (Å²) in [5, 5.41) is 2.67. The predicted octanol–water partition coefficient (Wildman–Crippen LogP) is 2.01. The average Bonchev–Trinajstić information content (AvgIpc) is 2.83. The second-order valence-electron chi connectivity index (χ2n) is 6.76. The summed E-state index contributed by atoms with van der Waals surface area (Å²) in [4.78, 5) is 39.7. The molecule has 2 saturated heterocycles. The molecule has 0 saturated carbocycles. The van der Waals surface area contributed by atoms with Crippen LogP contribution in [0.2, 0.25) is 0 Å². The molecule has 2 atom stereocenters. The summed E-state index contributed by atoms with van der Waals surface area (Å²) >= 11 is 0. The van der Waals surface area contributed by atoms with Gasteiger partial charge in [0.2, 0.25) is 11.8 Å². The molecule has 0 bridgehead atoms. The van der Waals surface area contributed by atoms with E-state index in [0.29, 0.717) is 17.3 Å². The lowest BCUT2D eigenvalue weighted by atomic mass is 9.98. The monoisotopic (exact) mass is 329 g/mol. The van der Waals surface area contributed by atoms with Gasteiger partial charge in [-0.05, 0) is 49.6 Å². The van der Waals surface area contributed by atoms with E-state index in [0.717, 1.165) is 19.5 Å². The number of piperidine rings is 1. The maximum absolute atomic E-state index is 12.8. The number of hydrogen-bond acceptors (Lipinski definition) is 4. The van der Waals surface area contributed by atoms with E-state index in [9.17, 15) is 14.4 Å². The summed E-state index contributed by atoms with van der Waals surface area (Å²) in [5.41, 5.74) is 1.21. The Hall–Kier alpha value is -2.21. The topological polar surface area (TPSA) is 69.7 Å². The molecule has 6 nitrogen and oxygen atoms in total. The van der Waals surface area contributed by atoms with Gasteiger partial charge in [-0.2, -0.15) is 0 Å². The van der Waals surface area contributed by atoms with E-state index in [-0.39, 0.29) is 30.2 Å². The second kappa shape index (κ2) is 6.73. The molecule has 0 radical (unpaired) electrons. The van der Waals surface area contributed by atoms with Crippen LogP contribution in [0.1, 0.15) is 33.1 Å². The zero-order valence-corrected chi connectivity index (χ0v) is 14.1. The van der Waals surface area contributed by atoms with Gasteiger partial charge in [-0.1, -0.05) is 6.92 Å². The van der Waals surface area contributed by atoms with Gasteiger partial charge in [0.05, 0.1) is 18.2 Å². The van der Waals surface area contributed by atoms with Crippen molar-refractivity contribution in [3.05, 3.63) is 24.3 Å². The number of likely N-dealkylation sites (tertiary alicyclic amines) is 1. The van der Waals surface area contributed by atoms with E-state index in [1.807, 2.05) is 0 Å². The van der Waals surface area contributed by atoms with E-state index < -0.39 is 0 Å². The van der Waals surface area contributed by atoms with Crippen molar-refractivity contribution in [3.63, 3.8) is 0 Å². The van der Waals surface area contributed by atoms with E-state index in [1.54, 1.807) is 24.3 Å². The number of benzene rings is 1. The van der Waals surface area contributed by atoms with Crippen LogP contribution in [-0.2, 0) is 14.4 Å². The van der Waals surface area contributed by atoms with E-state index in [2.05, 4.69) is 17.1 Å². The summed E-state index contributed by atoms with van der Waals surface area (Å²) in [6.45, 7) is 5.37. The normalized spacial score (nSPS) is 25.2. The molecule has 0 aliphatic carbocycles. The number of hydrogen-bond donors (Lipinski definition) is 1. The number of amides is 3. The number of carbonyl (C=O) groups is 3. The van der Waals surface area contributed by atoms with Crippen molar-refractivity contribution in [2.75, 3.05) is 23.3 Å². The number of nitrogens with zero attached hydrogens (tertiary/aromatic N) is 2. The first-order chi connectivity index (χ1) is 11.5. The number of carbonyl (C=O) groups excluding carboxylic acids is 3. The minimum Gasteiger partial charge on any atom is -0.326 e. The standard InChI is InChI=1S/C18H23N3O3/c1-12-4-3-9-20(11-12)16-10-17(23)21(18(16)24)15-7-5-14(6-8-15)19-13(2)22/h5-8,12,16H,3-4,9-11H2,1-2H3,(H,19,22)/t12-,16-/m0/s1. The molecule has 2 aliphatic rings. The largest absolute Gasteiger partial charge is 0.326 e. The van der Waals surface area contributed by atoms with Gasteiger partial charge in [-0.15, -0.1) is 0 Å². The number of imide groups is 1. The summed E-state index contributed by atoms with van der Waals surface area (Å²) in [5.74, 6) is 0.111. The van der Waals surface area contributed by atoms with Gasteiger partial charge >= 0.3 is 0 Å². The van der Waals surface area contributed by atoms with E-state index >= 15 is 0 Å². The number of rotatable bonds is 3. The summed E-state index contributed by atoms with van der Waals surface area (Å²) in [6.07, 6.45) is 2.50. The molecule has 2 aliphatic heterocycles. The van der Waals surface area contributed by atoms with Crippen LogP contribution in [0.25, 0.3) is 0 Å². The number of nitrogens with one attached hydrogen (secondary N) is 1. The van der Waals surface area contributed by atoms with Gasteiger partial charge in [0.1, 0.15) is 0 Å². The Morgan fingerprint density at radius 1 is 1.21 bits per heavy atom. The van der Waals surface area contributed by atoms with Gasteiger partial charge in [-0.3, -0.25) is 19.3 Å². The van der Waals surface area contributed by atoms with Crippen molar-refractivity contribution >= 4 is 29.1 Å². The maximum Gasteiger partial charge on any atom is 0.251 e. The third-order valence-corrected chi connectivity index (χ3v) is 4.70. The maximum atomic E-state index is 12.8. The molecule has 0 aromatic heterocycles. The molecule has 1 aromatic rings. The molecule has 1 aromatic carbocycles. The lowest BCUT2D eigenvalue weighted by molar-refractivity contribution is -0.123. The lowest BCUT2D eigenvalue weighted by Crippen LogP contribution is -2.46. The Morgan fingerprint density at radius 2 is 1.92 bits per heavy atom. The van der Waals surface area contributed by atoms with Crippen LogP contribution in [0.4, 0.5) is 11.4 Å². The highest BCUT2D eigenvalue weighted by atomic mass is 16.2. The van der Waals surface area contributed by atoms with E-state index in [4.69, 9.17) is 0 Å². The zero-order chi connectivity index (χ0) is 17.3. The molecule has 24 heavy (non-hydrogen) atoms. The Labute approximate surface area is 141 Å². The lowest BCUT2D eigenvalue weighted by Gasteiger charge is -2.34. The van der Waals surface area contributed by atoms with Gasteiger partial charge in [-0.25, -0.2) is 4.90 Å². The van der Waals surface area contributed by atoms with Crippen LogP contribution in [0.15, 0.2) is 24.3 Å². The quantitative estimate of drug-likeness (QED) is 0.861. The van der Waals surface area contributed by atoms with Crippen LogP contribution in [-0.4, -0.2) is 41.8 Å². The van der Waals surface area contributed by atoms with Crippen molar-refractivity contribution in [1.82, 2.24) is 4.90 Å². The molecule has 128 valence electrons. The van der Waals surface area contributed by atoms with E-state index in [1.165, 1.54) is 18.2 Å². The smallest absolute Gasteiger partial charge is 0.251 e. The average molecular weight is 329 g/mol. The van der Waals surface area contributed by atoms with Crippen molar-refractivity contribution in [3.8, 4) is 0 Å². The Bertz CT molecular complexity index is 656.